The number of nitrogen functional groups attached to an aromatic ring is 1. The first-order valence-electron chi connectivity index (χ1n) is 6.42. The van der Waals surface area contributed by atoms with Crippen molar-refractivity contribution in [1.82, 2.24) is 15.0 Å². The van der Waals surface area contributed by atoms with E-state index in [0.29, 0.717) is 11.6 Å². The van der Waals surface area contributed by atoms with E-state index in [2.05, 4.69) is 42.6 Å². The van der Waals surface area contributed by atoms with Crippen LogP contribution in [0.2, 0.25) is 0 Å². The molecular weight excluding hydrogens is 256 g/mol. The molecule has 0 aliphatic heterocycles. The lowest BCUT2D eigenvalue weighted by Crippen LogP contribution is -2.10. The van der Waals surface area contributed by atoms with Crippen molar-refractivity contribution in [3.8, 4) is 11.5 Å². The van der Waals surface area contributed by atoms with Crippen molar-refractivity contribution in [1.29, 1.82) is 0 Å². The highest BCUT2D eigenvalue weighted by Gasteiger charge is 2.20. The summed E-state index contributed by atoms with van der Waals surface area (Å²) in [6, 6.07) is 0. The summed E-state index contributed by atoms with van der Waals surface area (Å²) in [5.41, 5.74) is 8.81. The van der Waals surface area contributed by atoms with Crippen molar-refractivity contribution < 1.29 is 0 Å². The second kappa shape index (κ2) is 4.89. The molecule has 0 fully saturated rings. The van der Waals surface area contributed by atoms with Crippen LogP contribution in [0.25, 0.3) is 11.5 Å². The normalized spacial score (nSPS) is 11.8. The molecule has 0 bridgehead atoms. The number of thiazole rings is 1. The molecule has 0 amide bonds. The summed E-state index contributed by atoms with van der Waals surface area (Å²) in [6.07, 6.45) is 0.849. The van der Waals surface area contributed by atoms with Gasteiger partial charge in [0.15, 0.2) is 5.82 Å². The van der Waals surface area contributed by atoms with Gasteiger partial charge in [0.1, 0.15) is 11.5 Å². The second-order valence-electron chi connectivity index (χ2n) is 5.64. The molecule has 2 N–H and O–H groups in total. The van der Waals surface area contributed by atoms with E-state index in [4.69, 9.17) is 5.73 Å². The van der Waals surface area contributed by atoms with Gasteiger partial charge in [-0.05, 0) is 13.3 Å². The molecule has 2 rings (SSSR count). The minimum Gasteiger partial charge on any atom is -0.383 e. The van der Waals surface area contributed by atoms with Crippen molar-refractivity contribution in [2.24, 2.45) is 0 Å². The fourth-order valence-corrected chi connectivity index (χ4v) is 2.78. The van der Waals surface area contributed by atoms with Crippen molar-refractivity contribution in [2.75, 3.05) is 5.73 Å². The van der Waals surface area contributed by atoms with Crippen LogP contribution in [-0.4, -0.2) is 15.0 Å². The van der Waals surface area contributed by atoms with E-state index in [9.17, 15) is 0 Å². The molecule has 0 atom stereocenters. The zero-order chi connectivity index (χ0) is 14.2. The third-order valence-corrected chi connectivity index (χ3v) is 4.24. The Balaban J connectivity index is 2.46. The van der Waals surface area contributed by atoms with E-state index >= 15 is 0 Å². The largest absolute Gasteiger partial charge is 0.383 e. The average Bonchev–Trinajstić information content (AvgIpc) is 2.77. The van der Waals surface area contributed by atoms with Gasteiger partial charge >= 0.3 is 0 Å². The van der Waals surface area contributed by atoms with Gasteiger partial charge in [0.2, 0.25) is 0 Å². The number of hydrogen-bond donors (Lipinski definition) is 1. The van der Waals surface area contributed by atoms with Crippen LogP contribution in [0.15, 0.2) is 5.38 Å². The van der Waals surface area contributed by atoms with Crippen LogP contribution in [0.3, 0.4) is 0 Å². The number of nitrogens with zero attached hydrogens (tertiary/aromatic N) is 3. The molecule has 0 saturated heterocycles. The molecule has 0 spiro atoms. The van der Waals surface area contributed by atoms with E-state index in [1.54, 1.807) is 11.3 Å². The van der Waals surface area contributed by atoms with Crippen LogP contribution >= 0.6 is 11.3 Å². The summed E-state index contributed by atoms with van der Waals surface area (Å²) in [5, 5.41) is 3.09. The number of aryl methyl sites for hydroxylation is 1. The van der Waals surface area contributed by atoms with E-state index in [0.717, 1.165) is 28.4 Å². The van der Waals surface area contributed by atoms with Gasteiger partial charge in [-0.3, -0.25) is 0 Å². The lowest BCUT2D eigenvalue weighted by atomic mass is 9.98. The van der Waals surface area contributed by atoms with Crippen LogP contribution in [0, 0.1) is 6.92 Å². The Morgan fingerprint density at radius 1 is 1.21 bits per heavy atom. The molecule has 19 heavy (non-hydrogen) atoms. The standard InChI is InChI=1S/C14H20N4S/c1-6-9-8(2)16-12(18-11(9)15)10-7-19-13(17-10)14(3,4)5/h7H,6H2,1-5H3,(H2,15,16,18). The van der Waals surface area contributed by atoms with Crippen LogP contribution in [0.1, 0.15) is 44.0 Å². The highest BCUT2D eigenvalue weighted by Crippen LogP contribution is 2.29. The van der Waals surface area contributed by atoms with Gasteiger partial charge in [-0.2, -0.15) is 0 Å². The zero-order valence-corrected chi connectivity index (χ0v) is 12.9. The van der Waals surface area contributed by atoms with Gasteiger partial charge in [-0.15, -0.1) is 11.3 Å². The maximum atomic E-state index is 5.99. The van der Waals surface area contributed by atoms with Crippen molar-refractivity contribution >= 4 is 17.2 Å². The number of rotatable bonds is 2. The number of nitrogens with two attached hydrogens (primary N) is 1. The molecule has 0 aromatic carbocycles. The average molecular weight is 276 g/mol. The summed E-state index contributed by atoms with van der Waals surface area (Å²) in [6.45, 7) is 10.5. The van der Waals surface area contributed by atoms with Crippen LogP contribution in [-0.2, 0) is 11.8 Å². The number of anilines is 1. The van der Waals surface area contributed by atoms with Gasteiger partial charge in [0, 0.05) is 22.1 Å². The highest BCUT2D eigenvalue weighted by atomic mass is 32.1. The summed E-state index contributed by atoms with van der Waals surface area (Å²) in [5.74, 6) is 1.19. The molecule has 0 aliphatic carbocycles. The first-order chi connectivity index (χ1) is 8.82. The van der Waals surface area contributed by atoms with E-state index < -0.39 is 0 Å². The Labute approximate surface area is 118 Å². The zero-order valence-electron chi connectivity index (χ0n) is 12.1. The fourth-order valence-electron chi connectivity index (χ4n) is 1.89. The van der Waals surface area contributed by atoms with E-state index in [1.165, 1.54) is 0 Å². The van der Waals surface area contributed by atoms with Gasteiger partial charge in [0.05, 0.1) is 5.01 Å². The van der Waals surface area contributed by atoms with Gasteiger partial charge in [-0.1, -0.05) is 27.7 Å². The molecule has 0 unspecified atom stereocenters. The molecule has 4 nitrogen and oxygen atoms in total. The Morgan fingerprint density at radius 3 is 2.37 bits per heavy atom. The Morgan fingerprint density at radius 2 is 1.89 bits per heavy atom. The number of hydrogen-bond acceptors (Lipinski definition) is 5. The first-order valence-corrected chi connectivity index (χ1v) is 7.30. The minimum absolute atomic E-state index is 0.0485. The van der Waals surface area contributed by atoms with Crippen LogP contribution in [0.4, 0.5) is 5.82 Å². The molecule has 0 saturated carbocycles. The molecule has 0 radical (unpaired) electrons. The topological polar surface area (TPSA) is 64.7 Å². The second-order valence-corrected chi connectivity index (χ2v) is 6.50. The van der Waals surface area contributed by atoms with Gasteiger partial charge < -0.3 is 5.73 Å². The smallest absolute Gasteiger partial charge is 0.181 e. The SMILES string of the molecule is CCc1c(C)nc(-c2csc(C(C)(C)C)n2)nc1N. The molecule has 102 valence electrons. The highest BCUT2D eigenvalue weighted by molar-refractivity contribution is 7.10. The Hall–Kier alpha value is -1.49. The first kappa shape index (κ1) is 13.9. The molecule has 2 heterocycles. The predicted molar refractivity (Wildman–Crippen MR) is 80.4 cm³/mol. The van der Waals surface area contributed by atoms with Gasteiger partial charge in [-0.25, -0.2) is 15.0 Å². The number of aromatic nitrogens is 3. The summed E-state index contributed by atoms with van der Waals surface area (Å²) < 4.78 is 0. The molecule has 0 aliphatic rings. The Bertz CT molecular complexity index is 573. The van der Waals surface area contributed by atoms with E-state index in [-0.39, 0.29) is 5.41 Å². The quantitative estimate of drug-likeness (QED) is 0.913. The lowest BCUT2D eigenvalue weighted by molar-refractivity contribution is 0.586. The minimum atomic E-state index is 0.0485. The van der Waals surface area contributed by atoms with Crippen molar-refractivity contribution in [3.63, 3.8) is 0 Å². The summed E-state index contributed by atoms with van der Waals surface area (Å²) in [4.78, 5) is 13.5. The fraction of sp³-hybridized carbons (Fsp3) is 0.500. The monoisotopic (exact) mass is 276 g/mol. The van der Waals surface area contributed by atoms with E-state index in [1.807, 2.05) is 12.3 Å². The molecular formula is C14H20N4S. The maximum absolute atomic E-state index is 5.99. The van der Waals surface area contributed by atoms with Crippen LogP contribution < -0.4 is 5.73 Å². The summed E-state index contributed by atoms with van der Waals surface area (Å²) >= 11 is 1.64. The van der Waals surface area contributed by atoms with Crippen molar-refractivity contribution in [3.05, 3.63) is 21.6 Å². The predicted octanol–water partition coefficient (Wildman–Crippen LogP) is 3.35. The third-order valence-electron chi connectivity index (χ3n) is 2.97. The van der Waals surface area contributed by atoms with Gasteiger partial charge in [0.25, 0.3) is 0 Å². The third kappa shape index (κ3) is 2.76. The maximum Gasteiger partial charge on any atom is 0.181 e. The van der Waals surface area contributed by atoms with Crippen LogP contribution in [0.5, 0.6) is 0 Å². The summed E-state index contributed by atoms with van der Waals surface area (Å²) in [7, 11) is 0. The van der Waals surface area contributed by atoms with Crippen molar-refractivity contribution in [2.45, 2.75) is 46.5 Å². The molecule has 2 aromatic heterocycles. The Kier molecular flexibility index (Phi) is 3.58. The molecule has 5 heteroatoms. The molecule has 2 aromatic rings. The lowest BCUT2D eigenvalue weighted by Gasteiger charge is -2.13.